The fourth-order valence-corrected chi connectivity index (χ4v) is 3.46. The van der Waals surface area contributed by atoms with Gasteiger partial charge in [-0.1, -0.05) is 18.2 Å². The van der Waals surface area contributed by atoms with Crippen LogP contribution in [-0.4, -0.2) is 27.7 Å². The molecule has 1 atom stereocenters. The first-order chi connectivity index (χ1) is 13.5. The molecule has 0 spiro atoms. The predicted octanol–water partition coefficient (Wildman–Crippen LogP) is 4.01. The molecule has 1 N–H and O–H groups in total. The van der Waals surface area contributed by atoms with E-state index in [4.69, 9.17) is 0 Å². The van der Waals surface area contributed by atoms with E-state index in [0.717, 1.165) is 17.9 Å². The van der Waals surface area contributed by atoms with Gasteiger partial charge in [-0.25, -0.2) is 9.97 Å². The van der Waals surface area contributed by atoms with E-state index in [1.54, 1.807) is 30.5 Å². The summed E-state index contributed by atoms with van der Waals surface area (Å²) in [5, 5.41) is 2.77. The van der Waals surface area contributed by atoms with Crippen molar-refractivity contribution < 1.29 is 9.59 Å². The second kappa shape index (κ2) is 7.23. The summed E-state index contributed by atoms with van der Waals surface area (Å²) in [5.41, 5.74) is 3.85. The van der Waals surface area contributed by atoms with Gasteiger partial charge in [-0.2, -0.15) is 0 Å². The molecule has 3 aromatic rings. The molecule has 2 heterocycles. The first-order valence-electron chi connectivity index (χ1n) is 9.14. The third kappa shape index (κ3) is 3.36. The van der Waals surface area contributed by atoms with Crippen LogP contribution in [0.15, 0.2) is 60.9 Å². The maximum atomic E-state index is 12.4. The van der Waals surface area contributed by atoms with Crippen molar-refractivity contribution in [3.63, 3.8) is 0 Å². The van der Waals surface area contributed by atoms with Crippen LogP contribution >= 0.6 is 0 Å². The number of rotatable bonds is 4. The Morgan fingerprint density at radius 1 is 1.04 bits per heavy atom. The number of nitrogens with zero attached hydrogens (tertiary/aromatic N) is 3. The molecule has 2 aromatic carbocycles. The number of aromatic nitrogens is 2. The van der Waals surface area contributed by atoms with Crippen molar-refractivity contribution in [1.29, 1.82) is 0 Å². The molecule has 140 valence electrons. The van der Waals surface area contributed by atoms with Gasteiger partial charge in [0.25, 0.3) is 5.91 Å². The third-order valence-corrected chi connectivity index (χ3v) is 4.87. The molecule has 0 saturated carbocycles. The summed E-state index contributed by atoms with van der Waals surface area (Å²) in [6.45, 7) is 3.65. The Kier molecular flexibility index (Phi) is 4.61. The fraction of sp³-hybridized carbons (Fsp3) is 0.182. The van der Waals surface area contributed by atoms with Gasteiger partial charge in [0.2, 0.25) is 0 Å². The first kappa shape index (κ1) is 17.9. The molecule has 6 heteroatoms. The van der Waals surface area contributed by atoms with Crippen LogP contribution in [-0.2, 0) is 6.42 Å². The molecular weight excluding hydrogens is 352 g/mol. The van der Waals surface area contributed by atoms with E-state index in [1.165, 1.54) is 18.7 Å². The normalized spacial score (nSPS) is 15.2. The molecule has 1 unspecified atom stereocenters. The topological polar surface area (TPSA) is 75.2 Å². The van der Waals surface area contributed by atoms with Gasteiger partial charge in [0.15, 0.2) is 11.6 Å². The minimum Gasteiger partial charge on any atom is -0.322 e. The van der Waals surface area contributed by atoms with Crippen molar-refractivity contribution in [3.8, 4) is 0 Å². The van der Waals surface area contributed by atoms with Crippen molar-refractivity contribution in [2.24, 2.45) is 0 Å². The molecule has 1 amide bonds. The number of benzene rings is 2. The molecule has 1 aliphatic heterocycles. The van der Waals surface area contributed by atoms with Crippen LogP contribution in [0.25, 0.3) is 0 Å². The second-order valence-electron chi connectivity index (χ2n) is 6.90. The Morgan fingerprint density at radius 2 is 1.79 bits per heavy atom. The lowest BCUT2D eigenvalue weighted by atomic mass is 10.1. The predicted molar refractivity (Wildman–Crippen MR) is 108 cm³/mol. The van der Waals surface area contributed by atoms with E-state index in [1.807, 2.05) is 12.1 Å². The molecule has 1 aliphatic rings. The van der Waals surface area contributed by atoms with Crippen molar-refractivity contribution in [3.05, 3.63) is 77.7 Å². The minimum absolute atomic E-state index is 0.0166. The van der Waals surface area contributed by atoms with E-state index in [9.17, 15) is 9.59 Å². The number of para-hydroxylation sites is 1. The van der Waals surface area contributed by atoms with Gasteiger partial charge < -0.3 is 10.2 Å². The van der Waals surface area contributed by atoms with Gasteiger partial charge in [0.05, 0.1) is 12.4 Å². The molecule has 28 heavy (non-hydrogen) atoms. The number of ketones is 1. The zero-order valence-electron chi connectivity index (χ0n) is 15.7. The molecule has 6 nitrogen and oxygen atoms in total. The van der Waals surface area contributed by atoms with Gasteiger partial charge in [-0.3, -0.25) is 9.59 Å². The number of hydrogen-bond acceptors (Lipinski definition) is 5. The summed E-state index contributed by atoms with van der Waals surface area (Å²) in [7, 11) is 0. The van der Waals surface area contributed by atoms with Crippen molar-refractivity contribution in [2.75, 3.05) is 10.2 Å². The highest BCUT2D eigenvalue weighted by Crippen LogP contribution is 2.36. The molecule has 1 aromatic heterocycles. The number of anilines is 3. The van der Waals surface area contributed by atoms with E-state index < -0.39 is 0 Å². The molecule has 0 bridgehead atoms. The number of hydrogen-bond donors (Lipinski definition) is 1. The first-order valence-corrected chi connectivity index (χ1v) is 9.14. The lowest BCUT2D eigenvalue weighted by molar-refractivity contribution is 0.101. The van der Waals surface area contributed by atoms with Crippen molar-refractivity contribution >= 4 is 28.9 Å². The van der Waals surface area contributed by atoms with Gasteiger partial charge >= 0.3 is 0 Å². The Hall–Kier alpha value is -3.54. The highest BCUT2D eigenvalue weighted by molar-refractivity contribution is 6.03. The van der Waals surface area contributed by atoms with Crippen LogP contribution in [0.1, 0.15) is 40.3 Å². The van der Waals surface area contributed by atoms with E-state index in [2.05, 4.69) is 39.2 Å². The summed E-state index contributed by atoms with van der Waals surface area (Å²) in [6, 6.07) is 15.3. The summed E-state index contributed by atoms with van der Waals surface area (Å²) in [6.07, 6.45) is 4.07. The van der Waals surface area contributed by atoms with Gasteiger partial charge in [-0.15, -0.1) is 0 Å². The third-order valence-electron chi connectivity index (χ3n) is 4.87. The maximum absolute atomic E-state index is 12.4. The van der Waals surface area contributed by atoms with Gasteiger partial charge in [-0.05, 0) is 56.2 Å². The summed E-state index contributed by atoms with van der Waals surface area (Å²) in [4.78, 5) is 34.7. The van der Waals surface area contributed by atoms with Crippen molar-refractivity contribution in [2.45, 2.75) is 26.3 Å². The SMILES string of the molecule is CC(=O)c1ccc(NC(=O)c2cnc(N3c4ccccc4CC3C)cn2)cc1. The van der Waals surface area contributed by atoms with Crippen LogP contribution in [0.2, 0.25) is 0 Å². The van der Waals surface area contributed by atoms with Crippen LogP contribution < -0.4 is 10.2 Å². The largest absolute Gasteiger partial charge is 0.322 e. The molecule has 0 fully saturated rings. The molecule has 4 rings (SSSR count). The van der Waals surface area contributed by atoms with Crippen molar-refractivity contribution in [1.82, 2.24) is 9.97 Å². The molecule has 0 saturated heterocycles. The van der Waals surface area contributed by atoms with E-state index >= 15 is 0 Å². The average Bonchev–Trinajstić information content (AvgIpc) is 3.04. The standard InChI is InChI=1S/C22H20N4O2/c1-14-11-17-5-3-4-6-20(17)26(14)21-13-23-19(12-24-21)22(28)25-18-9-7-16(8-10-18)15(2)27/h3-10,12-14H,11H2,1-2H3,(H,25,28). The van der Waals surface area contributed by atoms with Crippen LogP contribution in [0.4, 0.5) is 17.2 Å². The Balaban J connectivity index is 1.50. The van der Waals surface area contributed by atoms with Crippen LogP contribution in [0.5, 0.6) is 0 Å². The van der Waals surface area contributed by atoms with E-state index in [-0.39, 0.29) is 23.4 Å². The zero-order valence-corrected chi connectivity index (χ0v) is 15.7. The molecule has 0 aliphatic carbocycles. The Bertz CT molecular complexity index is 1030. The maximum Gasteiger partial charge on any atom is 0.275 e. The average molecular weight is 372 g/mol. The van der Waals surface area contributed by atoms with Crippen LogP contribution in [0, 0.1) is 0 Å². The fourth-order valence-electron chi connectivity index (χ4n) is 3.46. The van der Waals surface area contributed by atoms with Crippen LogP contribution in [0.3, 0.4) is 0 Å². The number of fused-ring (bicyclic) bond motifs is 1. The Morgan fingerprint density at radius 3 is 2.46 bits per heavy atom. The smallest absolute Gasteiger partial charge is 0.275 e. The lowest BCUT2D eigenvalue weighted by Gasteiger charge is -2.23. The minimum atomic E-state index is -0.343. The quantitative estimate of drug-likeness (QED) is 0.700. The highest BCUT2D eigenvalue weighted by Gasteiger charge is 2.27. The lowest BCUT2D eigenvalue weighted by Crippen LogP contribution is -2.25. The highest BCUT2D eigenvalue weighted by atomic mass is 16.2. The number of carbonyl (C=O) groups is 2. The summed E-state index contributed by atoms with van der Waals surface area (Å²) < 4.78 is 0. The van der Waals surface area contributed by atoms with E-state index in [0.29, 0.717) is 11.3 Å². The monoisotopic (exact) mass is 372 g/mol. The van der Waals surface area contributed by atoms with Gasteiger partial charge in [0.1, 0.15) is 5.69 Å². The Labute approximate surface area is 163 Å². The zero-order chi connectivity index (χ0) is 19.7. The number of amides is 1. The summed E-state index contributed by atoms with van der Waals surface area (Å²) >= 11 is 0. The number of carbonyl (C=O) groups excluding carboxylic acids is 2. The number of nitrogens with one attached hydrogen (secondary N) is 1. The molecular formula is C22H20N4O2. The molecule has 0 radical (unpaired) electrons. The number of Topliss-reactive ketones (excluding diaryl/α,β-unsaturated/α-hetero) is 1. The summed E-state index contributed by atoms with van der Waals surface area (Å²) in [5.74, 6) is 0.362. The second-order valence-corrected chi connectivity index (χ2v) is 6.90. The van der Waals surface area contributed by atoms with Gasteiger partial charge in [0, 0.05) is 23.0 Å².